The fraction of sp³-hybridized carbons (Fsp3) is 0.200. The van der Waals surface area contributed by atoms with Crippen LogP contribution in [0.4, 0.5) is 8.78 Å². The van der Waals surface area contributed by atoms with Gasteiger partial charge in [0.15, 0.2) is 0 Å². The van der Waals surface area contributed by atoms with Crippen LogP contribution in [0.3, 0.4) is 0 Å². The van der Waals surface area contributed by atoms with Gasteiger partial charge in [-0.1, -0.05) is 37.3 Å². The van der Waals surface area contributed by atoms with E-state index < -0.39 is 23.2 Å². The van der Waals surface area contributed by atoms with E-state index in [1.165, 1.54) is 12.4 Å². The van der Waals surface area contributed by atoms with Crippen molar-refractivity contribution in [1.82, 2.24) is 30.6 Å². The highest BCUT2D eigenvalue weighted by Gasteiger charge is 2.40. The number of benzene rings is 2. The summed E-state index contributed by atoms with van der Waals surface area (Å²) in [5.74, 6) is -1.68. The van der Waals surface area contributed by atoms with Gasteiger partial charge < -0.3 is 5.11 Å². The van der Waals surface area contributed by atoms with Gasteiger partial charge in [-0.2, -0.15) is 20.5 Å². The lowest BCUT2D eigenvalue weighted by Crippen LogP contribution is -2.36. The predicted molar refractivity (Wildman–Crippen MR) is 101 cm³/mol. The molecule has 0 bridgehead atoms. The standard InChI is InChI=1S/C20H18F2N6O/c1-12(13-2-4-14(5-3-13)18-10-24-28-26-18)20(29,9-19-23-11-25-27-19)16-7-6-15(21)8-17(16)22/h2-8,10-12,29H,9H2,1H3,(H,23,25,27)(H,24,26,28). The molecule has 2 aromatic carbocycles. The molecule has 0 fully saturated rings. The summed E-state index contributed by atoms with van der Waals surface area (Å²) in [6.45, 7) is 1.78. The minimum Gasteiger partial charge on any atom is -0.384 e. The Hall–Kier alpha value is -3.46. The zero-order chi connectivity index (χ0) is 20.4. The summed E-state index contributed by atoms with van der Waals surface area (Å²) >= 11 is 0. The van der Waals surface area contributed by atoms with Gasteiger partial charge >= 0.3 is 0 Å². The number of rotatable bonds is 6. The van der Waals surface area contributed by atoms with Crippen molar-refractivity contribution in [1.29, 1.82) is 0 Å². The van der Waals surface area contributed by atoms with E-state index in [0.717, 1.165) is 23.3 Å². The first-order valence-corrected chi connectivity index (χ1v) is 8.95. The van der Waals surface area contributed by atoms with Crippen LogP contribution in [0.25, 0.3) is 11.3 Å². The number of aliphatic hydroxyl groups is 1. The van der Waals surface area contributed by atoms with Crippen LogP contribution in [-0.2, 0) is 12.0 Å². The van der Waals surface area contributed by atoms with E-state index in [0.29, 0.717) is 11.5 Å². The molecule has 29 heavy (non-hydrogen) atoms. The summed E-state index contributed by atoms with van der Waals surface area (Å²) in [5, 5.41) is 28.5. The number of nitrogens with one attached hydrogen (secondary N) is 2. The lowest BCUT2D eigenvalue weighted by molar-refractivity contribution is 0.00742. The summed E-state index contributed by atoms with van der Waals surface area (Å²) in [4.78, 5) is 4.06. The molecule has 2 atom stereocenters. The first kappa shape index (κ1) is 18.9. The molecule has 9 heteroatoms. The molecule has 7 nitrogen and oxygen atoms in total. The number of aromatic amines is 2. The van der Waals surface area contributed by atoms with Gasteiger partial charge in [0.25, 0.3) is 0 Å². The highest BCUT2D eigenvalue weighted by atomic mass is 19.1. The van der Waals surface area contributed by atoms with Crippen LogP contribution in [0.15, 0.2) is 55.0 Å². The molecule has 0 amide bonds. The third-order valence-electron chi connectivity index (χ3n) is 5.14. The Bertz CT molecular complexity index is 1080. The number of halogens is 2. The predicted octanol–water partition coefficient (Wildman–Crippen LogP) is 3.10. The van der Waals surface area contributed by atoms with Gasteiger partial charge in [-0.15, -0.1) is 0 Å². The van der Waals surface area contributed by atoms with Gasteiger partial charge in [0.05, 0.1) is 6.20 Å². The monoisotopic (exact) mass is 396 g/mol. The van der Waals surface area contributed by atoms with Crippen LogP contribution < -0.4 is 0 Å². The van der Waals surface area contributed by atoms with E-state index in [4.69, 9.17) is 0 Å². The second kappa shape index (κ2) is 7.51. The first-order chi connectivity index (χ1) is 14.0. The molecule has 0 saturated carbocycles. The summed E-state index contributed by atoms with van der Waals surface area (Å²) in [6, 6.07) is 10.5. The van der Waals surface area contributed by atoms with Crippen molar-refractivity contribution >= 4 is 0 Å². The van der Waals surface area contributed by atoms with Gasteiger partial charge in [-0.3, -0.25) is 5.10 Å². The Morgan fingerprint density at radius 3 is 2.52 bits per heavy atom. The number of nitrogens with zero attached hydrogens (tertiary/aromatic N) is 4. The maximum atomic E-state index is 14.6. The van der Waals surface area contributed by atoms with Gasteiger partial charge in [0, 0.05) is 29.5 Å². The van der Waals surface area contributed by atoms with Crippen LogP contribution in [-0.4, -0.2) is 35.7 Å². The van der Waals surface area contributed by atoms with E-state index in [-0.39, 0.29) is 12.0 Å². The summed E-state index contributed by atoms with van der Waals surface area (Å²) in [5.41, 5.74) is 0.603. The van der Waals surface area contributed by atoms with Crippen LogP contribution in [0.1, 0.15) is 29.8 Å². The largest absolute Gasteiger partial charge is 0.384 e. The molecular formula is C20H18F2N6O. The maximum Gasteiger partial charge on any atom is 0.137 e. The molecule has 2 unspecified atom stereocenters. The van der Waals surface area contributed by atoms with Crippen molar-refractivity contribution in [2.45, 2.75) is 24.9 Å². The zero-order valence-corrected chi connectivity index (χ0v) is 15.5. The van der Waals surface area contributed by atoms with Crippen molar-refractivity contribution in [2.75, 3.05) is 0 Å². The molecular weight excluding hydrogens is 378 g/mol. The summed E-state index contributed by atoms with van der Waals surface area (Å²) in [6.07, 6.45) is 2.89. The quantitative estimate of drug-likeness (QED) is 0.465. The molecule has 2 aromatic heterocycles. The van der Waals surface area contributed by atoms with Crippen molar-refractivity contribution in [3.8, 4) is 11.3 Å². The van der Waals surface area contributed by atoms with Gasteiger partial charge in [0.2, 0.25) is 0 Å². The van der Waals surface area contributed by atoms with Crippen LogP contribution in [0.2, 0.25) is 0 Å². The summed E-state index contributed by atoms with van der Waals surface area (Å²) in [7, 11) is 0. The third kappa shape index (κ3) is 3.64. The molecule has 3 N–H and O–H groups in total. The lowest BCUT2D eigenvalue weighted by atomic mass is 9.75. The smallest absolute Gasteiger partial charge is 0.137 e. The Labute approximate surface area is 164 Å². The molecule has 0 aliphatic rings. The van der Waals surface area contributed by atoms with Gasteiger partial charge in [-0.05, 0) is 11.6 Å². The lowest BCUT2D eigenvalue weighted by Gasteiger charge is -2.35. The van der Waals surface area contributed by atoms with Crippen LogP contribution in [0, 0.1) is 11.6 Å². The van der Waals surface area contributed by atoms with Crippen molar-refractivity contribution in [3.63, 3.8) is 0 Å². The Kier molecular flexibility index (Phi) is 4.89. The second-order valence-electron chi connectivity index (χ2n) is 6.86. The fourth-order valence-corrected chi connectivity index (χ4v) is 3.45. The molecule has 4 aromatic rings. The van der Waals surface area contributed by atoms with Crippen molar-refractivity contribution in [3.05, 3.63) is 83.6 Å². The second-order valence-corrected chi connectivity index (χ2v) is 6.86. The molecule has 0 aliphatic carbocycles. The minimum absolute atomic E-state index is 0.0108. The average molecular weight is 396 g/mol. The number of hydrogen-bond acceptors (Lipinski definition) is 5. The molecule has 2 heterocycles. The Morgan fingerprint density at radius 1 is 1.10 bits per heavy atom. The van der Waals surface area contributed by atoms with E-state index in [2.05, 4.69) is 30.6 Å². The topological polar surface area (TPSA) is 103 Å². The normalized spacial score (nSPS) is 14.5. The molecule has 0 radical (unpaired) electrons. The minimum atomic E-state index is -1.69. The van der Waals surface area contributed by atoms with Crippen LogP contribution in [0.5, 0.6) is 0 Å². The SMILES string of the molecule is CC(c1ccc(-c2cn[nH]n2)cc1)C(O)(Cc1ncn[nH]1)c1ccc(F)cc1F. The highest BCUT2D eigenvalue weighted by Crippen LogP contribution is 2.40. The number of H-pyrrole nitrogens is 2. The number of aromatic nitrogens is 6. The van der Waals surface area contributed by atoms with Gasteiger partial charge in [0.1, 0.15) is 35.1 Å². The number of hydrogen-bond donors (Lipinski definition) is 3. The van der Waals surface area contributed by atoms with Crippen LogP contribution >= 0.6 is 0 Å². The fourth-order valence-electron chi connectivity index (χ4n) is 3.45. The maximum absolute atomic E-state index is 14.6. The van der Waals surface area contributed by atoms with E-state index in [1.54, 1.807) is 13.1 Å². The first-order valence-electron chi connectivity index (χ1n) is 8.95. The van der Waals surface area contributed by atoms with E-state index in [9.17, 15) is 13.9 Å². The summed E-state index contributed by atoms with van der Waals surface area (Å²) < 4.78 is 28.1. The molecule has 0 spiro atoms. The van der Waals surface area contributed by atoms with Gasteiger partial charge in [-0.25, -0.2) is 13.8 Å². The zero-order valence-electron chi connectivity index (χ0n) is 15.5. The third-order valence-corrected chi connectivity index (χ3v) is 5.14. The van der Waals surface area contributed by atoms with Crippen molar-refractivity contribution < 1.29 is 13.9 Å². The molecule has 4 rings (SSSR count). The van der Waals surface area contributed by atoms with E-state index >= 15 is 0 Å². The van der Waals surface area contributed by atoms with Crippen molar-refractivity contribution in [2.24, 2.45) is 0 Å². The molecule has 0 aliphatic heterocycles. The van der Waals surface area contributed by atoms with E-state index in [1.807, 2.05) is 24.3 Å². The highest BCUT2D eigenvalue weighted by molar-refractivity contribution is 5.58. The Morgan fingerprint density at radius 2 is 1.90 bits per heavy atom. The average Bonchev–Trinajstić information content (AvgIpc) is 3.41. The molecule has 0 saturated heterocycles. The molecule has 148 valence electrons. The Balaban J connectivity index is 1.74.